The van der Waals surface area contributed by atoms with Gasteiger partial charge >= 0.3 is 0 Å². The molecule has 7 heteroatoms. The van der Waals surface area contributed by atoms with E-state index in [1.807, 2.05) is 6.92 Å². The summed E-state index contributed by atoms with van der Waals surface area (Å²) >= 11 is 0. The van der Waals surface area contributed by atoms with Gasteiger partial charge in [-0.3, -0.25) is 4.79 Å². The van der Waals surface area contributed by atoms with Gasteiger partial charge in [-0.1, -0.05) is 42.8 Å². The van der Waals surface area contributed by atoms with E-state index in [-0.39, 0.29) is 36.1 Å². The zero-order chi connectivity index (χ0) is 20.0. The number of carbonyl (C=O) groups excluding carboxylic acids is 1. The highest BCUT2D eigenvalue weighted by Gasteiger charge is 2.21. The van der Waals surface area contributed by atoms with Crippen molar-refractivity contribution >= 4 is 15.9 Å². The number of aryl methyl sites for hydroxylation is 1. The molecule has 0 fully saturated rings. The summed E-state index contributed by atoms with van der Waals surface area (Å²) in [7, 11) is -2.12. The van der Waals surface area contributed by atoms with Crippen molar-refractivity contribution in [1.29, 1.82) is 0 Å². The largest absolute Gasteiger partial charge is 0.355 e. The first-order chi connectivity index (χ1) is 12.7. The van der Waals surface area contributed by atoms with Crippen LogP contribution in [0.1, 0.15) is 18.1 Å². The highest BCUT2D eigenvalue weighted by atomic mass is 32.2. The number of sulfonamides is 1. The number of halogens is 1. The van der Waals surface area contributed by atoms with E-state index in [1.165, 1.54) is 17.4 Å². The molecule has 27 heavy (non-hydrogen) atoms. The summed E-state index contributed by atoms with van der Waals surface area (Å²) in [6.45, 7) is 3.93. The van der Waals surface area contributed by atoms with Gasteiger partial charge in [-0.05, 0) is 37.1 Å². The van der Waals surface area contributed by atoms with Crippen LogP contribution in [-0.2, 0) is 21.2 Å². The molecule has 0 aliphatic rings. The number of likely N-dealkylation sites (N-methyl/N-ethyl adjacent to an activating group) is 1. The van der Waals surface area contributed by atoms with Crippen LogP contribution in [0, 0.1) is 18.7 Å². The maximum absolute atomic E-state index is 13.7. The van der Waals surface area contributed by atoms with Crippen LogP contribution >= 0.6 is 0 Å². The Morgan fingerprint density at radius 2 is 1.78 bits per heavy atom. The normalized spacial score (nSPS) is 12.8. The Labute approximate surface area is 160 Å². The van der Waals surface area contributed by atoms with Crippen LogP contribution in [-0.4, -0.2) is 38.8 Å². The van der Waals surface area contributed by atoms with E-state index in [1.54, 1.807) is 49.4 Å². The molecule has 1 N–H and O–H groups in total. The van der Waals surface area contributed by atoms with Crippen LogP contribution in [0.25, 0.3) is 0 Å². The fourth-order valence-electron chi connectivity index (χ4n) is 2.61. The topological polar surface area (TPSA) is 66.5 Å². The molecule has 2 rings (SSSR count). The van der Waals surface area contributed by atoms with E-state index in [4.69, 9.17) is 0 Å². The monoisotopic (exact) mass is 392 g/mol. The van der Waals surface area contributed by atoms with Gasteiger partial charge in [0.1, 0.15) is 5.82 Å². The molecule has 0 heterocycles. The van der Waals surface area contributed by atoms with Crippen molar-refractivity contribution in [2.24, 2.45) is 5.92 Å². The number of nitrogens with one attached hydrogen (secondary N) is 1. The van der Waals surface area contributed by atoms with E-state index in [0.717, 1.165) is 5.56 Å². The zero-order valence-electron chi connectivity index (χ0n) is 15.8. The van der Waals surface area contributed by atoms with E-state index < -0.39 is 15.9 Å². The molecule has 1 amide bonds. The lowest BCUT2D eigenvalue weighted by Gasteiger charge is -2.18. The molecule has 0 aliphatic heterocycles. The minimum absolute atomic E-state index is 0.147. The van der Waals surface area contributed by atoms with Crippen LogP contribution in [0.15, 0.2) is 53.4 Å². The van der Waals surface area contributed by atoms with Crippen molar-refractivity contribution in [2.75, 3.05) is 20.1 Å². The van der Waals surface area contributed by atoms with E-state index in [2.05, 4.69) is 5.32 Å². The first-order valence-corrected chi connectivity index (χ1v) is 10.2. The second-order valence-corrected chi connectivity index (χ2v) is 8.67. The molecule has 2 aromatic rings. The van der Waals surface area contributed by atoms with Crippen LogP contribution in [0.5, 0.6) is 0 Å². The van der Waals surface area contributed by atoms with Crippen molar-refractivity contribution in [3.8, 4) is 0 Å². The number of amides is 1. The quantitative estimate of drug-likeness (QED) is 0.751. The Hall–Kier alpha value is -2.25. The molecule has 0 saturated heterocycles. The summed E-state index contributed by atoms with van der Waals surface area (Å²) in [5.41, 5.74) is 1.46. The fourth-order valence-corrected chi connectivity index (χ4v) is 3.78. The highest BCUT2D eigenvalue weighted by molar-refractivity contribution is 7.89. The van der Waals surface area contributed by atoms with E-state index in [9.17, 15) is 17.6 Å². The molecule has 0 bridgehead atoms. The van der Waals surface area contributed by atoms with Crippen LogP contribution < -0.4 is 5.32 Å². The van der Waals surface area contributed by atoms with Crippen molar-refractivity contribution in [3.05, 3.63) is 65.5 Å². The first kappa shape index (κ1) is 21.1. The van der Waals surface area contributed by atoms with Crippen molar-refractivity contribution in [1.82, 2.24) is 9.62 Å². The molecule has 0 spiro atoms. The number of rotatable bonds is 8. The highest BCUT2D eigenvalue weighted by Crippen LogP contribution is 2.15. The second kappa shape index (κ2) is 9.10. The number of benzene rings is 2. The number of nitrogens with zero attached hydrogens (tertiary/aromatic N) is 1. The third-order valence-corrected chi connectivity index (χ3v) is 6.26. The van der Waals surface area contributed by atoms with Crippen LogP contribution in [0.3, 0.4) is 0 Å². The number of hydrogen-bond acceptors (Lipinski definition) is 3. The summed E-state index contributed by atoms with van der Waals surface area (Å²) in [5, 5.41) is 2.72. The van der Waals surface area contributed by atoms with Crippen molar-refractivity contribution in [2.45, 2.75) is 25.2 Å². The van der Waals surface area contributed by atoms with Crippen molar-refractivity contribution in [3.63, 3.8) is 0 Å². The predicted octanol–water partition coefficient (Wildman–Crippen LogP) is 2.75. The Morgan fingerprint density at radius 3 is 2.41 bits per heavy atom. The van der Waals surface area contributed by atoms with Gasteiger partial charge in [-0.25, -0.2) is 12.8 Å². The standard InChI is InChI=1S/C20H25FN2O3S/c1-15-8-10-18(11-9-15)27(25,26)23(3)13-12-22-20(24)16(2)14-17-6-4-5-7-19(17)21/h4-11,16H,12-14H2,1-3H3,(H,22,24). The van der Waals surface area contributed by atoms with Crippen LogP contribution in [0.4, 0.5) is 4.39 Å². The van der Waals surface area contributed by atoms with Gasteiger partial charge < -0.3 is 5.32 Å². The Balaban J connectivity index is 1.86. The molecule has 0 radical (unpaired) electrons. The molecular formula is C20H25FN2O3S. The van der Waals surface area contributed by atoms with Crippen molar-refractivity contribution < 1.29 is 17.6 Å². The van der Waals surface area contributed by atoms with Gasteiger partial charge in [-0.2, -0.15) is 4.31 Å². The van der Waals surface area contributed by atoms with Gasteiger partial charge in [0.15, 0.2) is 0 Å². The molecular weight excluding hydrogens is 367 g/mol. The Bertz CT molecular complexity index is 882. The fraction of sp³-hybridized carbons (Fsp3) is 0.350. The predicted molar refractivity (Wildman–Crippen MR) is 103 cm³/mol. The summed E-state index contributed by atoms with van der Waals surface area (Å²) in [4.78, 5) is 12.4. The lowest BCUT2D eigenvalue weighted by atomic mass is 10.00. The third-order valence-electron chi connectivity index (χ3n) is 4.39. The smallest absolute Gasteiger partial charge is 0.242 e. The van der Waals surface area contributed by atoms with Gasteiger partial charge in [-0.15, -0.1) is 0 Å². The number of hydrogen-bond donors (Lipinski definition) is 1. The van der Waals surface area contributed by atoms with Gasteiger partial charge in [0, 0.05) is 26.1 Å². The molecule has 5 nitrogen and oxygen atoms in total. The SMILES string of the molecule is Cc1ccc(S(=O)(=O)N(C)CCNC(=O)C(C)Cc2ccccc2F)cc1. The average Bonchev–Trinajstić information content (AvgIpc) is 2.63. The molecule has 0 aromatic heterocycles. The Kier molecular flexibility index (Phi) is 7.10. The van der Waals surface area contributed by atoms with Gasteiger partial charge in [0.2, 0.25) is 15.9 Å². The maximum Gasteiger partial charge on any atom is 0.242 e. The summed E-state index contributed by atoms with van der Waals surface area (Å²) in [6, 6.07) is 13.0. The molecule has 2 aromatic carbocycles. The number of carbonyl (C=O) groups is 1. The minimum Gasteiger partial charge on any atom is -0.355 e. The second-order valence-electron chi connectivity index (χ2n) is 6.63. The summed E-state index contributed by atoms with van der Waals surface area (Å²) < 4.78 is 39.9. The molecule has 1 atom stereocenters. The van der Waals surface area contributed by atoms with Gasteiger partial charge in [0.25, 0.3) is 0 Å². The maximum atomic E-state index is 13.7. The van der Waals surface area contributed by atoms with E-state index in [0.29, 0.717) is 5.56 Å². The minimum atomic E-state index is -3.60. The van der Waals surface area contributed by atoms with E-state index >= 15 is 0 Å². The van der Waals surface area contributed by atoms with Crippen LogP contribution in [0.2, 0.25) is 0 Å². The Morgan fingerprint density at radius 1 is 1.15 bits per heavy atom. The molecule has 1 unspecified atom stereocenters. The summed E-state index contributed by atoms with van der Waals surface area (Å²) in [5.74, 6) is -0.985. The lowest BCUT2D eigenvalue weighted by Crippen LogP contribution is -2.38. The molecule has 146 valence electrons. The first-order valence-electron chi connectivity index (χ1n) is 8.76. The summed E-state index contributed by atoms with van der Waals surface area (Å²) in [6.07, 6.45) is 0.288. The third kappa shape index (κ3) is 5.61. The van der Waals surface area contributed by atoms with Gasteiger partial charge in [0.05, 0.1) is 4.90 Å². The lowest BCUT2D eigenvalue weighted by molar-refractivity contribution is -0.124. The molecule has 0 aliphatic carbocycles. The average molecular weight is 392 g/mol. The zero-order valence-corrected chi connectivity index (χ0v) is 16.6. The molecule has 0 saturated carbocycles.